The van der Waals surface area contributed by atoms with Crippen LogP contribution in [0.15, 0.2) is 48.8 Å². The van der Waals surface area contributed by atoms with Gasteiger partial charge in [-0.1, -0.05) is 44.9 Å². The minimum Gasteiger partial charge on any atom is -0.413 e. The summed E-state index contributed by atoms with van der Waals surface area (Å²) in [4.78, 5) is 16.9. The number of anilines is 1. The Kier molecular flexibility index (Phi) is 9.84. The number of nitrogen functional groups attached to an aromatic ring is 1. The summed E-state index contributed by atoms with van der Waals surface area (Å²) in [6, 6.07) is 11.0. The molecule has 0 radical (unpaired) electrons. The van der Waals surface area contributed by atoms with Gasteiger partial charge >= 0.3 is 7.75 Å². The molecule has 0 aliphatic carbocycles. The quantitative estimate of drug-likeness (QED) is 0.203. The van der Waals surface area contributed by atoms with E-state index in [9.17, 15) is 19.6 Å². The largest absolute Gasteiger partial charge is 0.459 e. The molecule has 12 nitrogen and oxygen atoms in total. The Hall–Kier alpha value is -2.86. The summed E-state index contributed by atoms with van der Waals surface area (Å²) in [5.41, 5.74) is 5.50. The lowest BCUT2D eigenvalue weighted by atomic mass is 9.93. The van der Waals surface area contributed by atoms with Crippen LogP contribution in [0.25, 0.3) is 5.52 Å². The third-order valence-electron chi connectivity index (χ3n) is 7.82. The fourth-order valence-corrected chi connectivity index (χ4v) is 6.65. The number of rotatable bonds is 14. The number of nitrogens with zero attached hydrogens (tertiary/aromatic N) is 3. The molecule has 0 spiro atoms. The third-order valence-corrected chi connectivity index (χ3v) is 9.47. The molecule has 3 heterocycles. The standard InChI is InChI=1S/C28H40N5O7P/c1-5-19(6-2)12-14-22(34)18(3)32-41(37,40-20-10-8-7-9-11-20)38-16-23-25(35)26(36)28(4,39-23)24-15-13-21-27(29)30-17-31-33(21)24/h7-11,13,15,17-19,23,25-26,35-36H,5-6,12,14,16H2,1-4H3,(H,32,37)(H2,29,30,31)/t18-,23?,25+,26+,28-,41?/m0/s1. The second-order valence-electron chi connectivity index (χ2n) is 10.6. The van der Waals surface area contributed by atoms with Crippen molar-refractivity contribution in [2.24, 2.45) is 5.92 Å². The summed E-state index contributed by atoms with van der Waals surface area (Å²) < 4.78 is 33.1. The summed E-state index contributed by atoms with van der Waals surface area (Å²) in [5, 5.41) is 28.9. The molecule has 0 saturated carbocycles. The summed E-state index contributed by atoms with van der Waals surface area (Å²) in [5.74, 6) is 0.849. The SMILES string of the molecule is CCC(CC)CCC(=O)[C@H](C)NP(=O)(OCC1O[C@@](C)(c2ccc3c(N)ncnn23)[C@H](O)[C@@H]1O)Oc1ccccc1. The van der Waals surface area contributed by atoms with Crippen molar-refractivity contribution in [1.29, 1.82) is 0 Å². The highest BCUT2D eigenvalue weighted by atomic mass is 31.2. The molecule has 6 atom stereocenters. The molecule has 2 aromatic heterocycles. The Morgan fingerprint density at radius 1 is 1.22 bits per heavy atom. The van der Waals surface area contributed by atoms with Gasteiger partial charge in [-0.25, -0.2) is 19.2 Å². The summed E-state index contributed by atoms with van der Waals surface area (Å²) in [7, 11) is -4.14. The Bertz CT molecular complexity index is 1370. The second-order valence-corrected chi connectivity index (χ2v) is 12.3. The summed E-state index contributed by atoms with van der Waals surface area (Å²) in [6.07, 6.45) is 0.467. The molecule has 0 bridgehead atoms. The van der Waals surface area contributed by atoms with Crippen LogP contribution in [-0.4, -0.2) is 61.6 Å². The van der Waals surface area contributed by atoms with E-state index in [1.165, 1.54) is 10.8 Å². The van der Waals surface area contributed by atoms with E-state index >= 15 is 0 Å². The number of benzene rings is 1. The fourth-order valence-electron chi connectivity index (χ4n) is 5.11. The number of ether oxygens (including phenoxy) is 1. The molecule has 1 aliphatic rings. The first-order valence-corrected chi connectivity index (χ1v) is 15.5. The van der Waals surface area contributed by atoms with Crippen LogP contribution in [0, 0.1) is 5.92 Å². The van der Waals surface area contributed by atoms with E-state index in [0.29, 0.717) is 23.5 Å². The van der Waals surface area contributed by atoms with Crippen LogP contribution in [0.3, 0.4) is 0 Å². The number of aromatic nitrogens is 3. The summed E-state index contributed by atoms with van der Waals surface area (Å²) >= 11 is 0. The lowest BCUT2D eigenvalue weighted by molar-refractivity contribution is -0.120. The topological polar surface area (TPSA) is 171 Å². The van der Waals surface area contributed by atoms with Gasteiger partial charge in [0.15, 0.2) is 5.82 Å². The molecule has 2 unspecified atom stereocenters. The van der Waals surface area contributed by atoms with Crippen molar-refractivity contribution >= 4 is 24.9 Å². The average molecular weight is 590 g/mol. The molecule has 41 heavy (non-hydrogen) atoms. The number of nitrogens with two attached hydrogens (primary N) is 1. The first-order valence-electron chi connectivity index (χ1n) is 13.9. The number of aliphatic hydroxyl groups is 2. The minimum atomic E-state index is -4.14. The van der Waals surface area contributed by atoms with Gasteiger partial charge in [0.2, 0.25) is 0 Å². The van der Waals surface area contributed by atoms with Crippen LogP contribution in [0.4, 0.5) is 5.82 Å². The molecule has 4 rings (SSSR count). The van der Waals surface area contributed by atoms with Crippen LogP contribution < -0.4 is 15.3 Å². The van der Waals surface area contributed by atoms with Crippen LogP contribution in [0.1, 0.15) is 59.1 Å². The molecule has 1 aliphatic heterocycles. The monoisotopic (exact) mass is 589 g/mol. The number of carbonyl (C=O) groups is 1. The predicted molar refractivity (Wildman–Crippen MR) is 153 cm³/mol. The minimum absolute atomic E-state index is 0.112. The molecule has 1 saturated heterocycles. The fraction of sp³-hybridized carbons (Fsp3) is 0.536. The Morgan fingerprint density at radius 2 is 1.93 bits per heavy atom. The zero-order valence-corrected chi connectivity index (χ0v) is 24.7. The van der Waals surface area contributed by atoms with Crippen molar-refractivity contribution in [2.45, 2.75) is 83.3 Å². The maximum absolute atomic E-state index is 14.0. The zero-order valence-electron chi connectivity index (χ0n) is 23.8. The van der Waals surface area contributed by atoms with Crippen molar-refractivity contribution in [3.8, 4) is 5.75 Å². The molecular formula is C28H40N5O7P. The van der Waals surface area contributed by atoms with Gasteiger partial charge in [0.05, 0.1) is 18.3 Å². The molecule has 1 aromatic carbocycles. The number of ketones is 1. The number of hydrogen-bond donors (Lipinski definition) is 4. The van der Waals surface area contributed by atoms with Gasteiger partial charge in [-0.05, 0) is 50.5 Å². The van der Waals surface area contributed by atoms with E-state index in [2.05, 4.69) is 29.0 Å². The Morgan fingerprint density at radius 3 is 2.61 bits per heavy atom. The zero-order chi connectivity index (χ0) is 29.8. The first-order chi connectivity index (χ1) is 19.5. The number of carbonyl (C=O) groups excluding carboxylic acids is 1. The van der Waals surface area contributed by atoms with E-state index in [1.54, 1.807) is 56.3 Å². The van der Waals surface area contributed by atoms with Crippen molar-refractivity contribution < 1.29 is 33.4 Å². The van der Waals surface area contributed by atoms with Gasteiger partial charge in [-0.2, -0.15) is 5.10 Å². The average Bonchev–Trinajstić information content (AvgIpc) is 3.49. The van der Waals surface area contributed by atoms with Crippen molar-refractivity contribution in [3.63, 3.8) is 0 Å². The van der Waals surface area contributed by atoms with E-state index in [4.69, 9.17) is 19.5 Å². The lowest BCUT2D eigenvalue weighted by Crippen LogP contribution is -2.39. The van der Waals surface area contributed by atoms with Crippen molar-refractivity contribution in [2.75, 3.05) is 12.3 Å². The summed E-state index contributed by atoms with van der Waals surface area (Å²) in [6.45, 7) is 7.02. The van der Waals surface area contributed by atoms with E-state index in [-0.39, 0.29) is 17.4 Å². The highest BCUT2D eigenvalue weighted by Crippen LogP contribution is 2.47. The van der Waals surface area contributed by atoms with Crippen LogP contribution >= 0.6 is 7.75 Å². The lowest BCUT2D eigenvalue weighted by Gasteiger charge is -2.27. The molecular weight excluding hydrogens is 549 g/mol. The highest BCUT2D eigenvalue weighted by molar-refractivity contribution is 7.52. The van der Waals surface area contributed by atoms with Gasteiger partial charge in [0.1, 0.15) is 47.3 Å². The number of aliphatic hydroxyl groups excluding tert-OH is 2. The molecule has 13 heteroatoms. The maximum Gasteiger partial charge on any atom is 0.459 e. The van der Waals surface area contributed by atoms with Crippen molar-refractivity contribution in [3.05, 3.63) is 54.5 Å². The van der Waals surface area contributed by atoms with Gasteiger partial charge in [-0.15, -0.1) is 0 Å². The highest BCUT2D eigenvalue weighted by Gasteiger charge is 2.54. The molecule has 0 amide bonds. The van der Waals surface area contributed by atoms with Gasteiger partial charge in [-0.3, -0.25) is 9.32 Å². The van der Waals surface area contributed by atoms with Crippen LogP contribution in [0.2, 0.25) is 0 Å². The smallest absolute Gasteiger partial charge is 0.413 e. The van der Waals surface area contributed by atoms with Gasteiger partial charge in [0, 0.05) is 6.42 Å². The first kappa shape index (κ1) is 31.1. The van der Waals surface area contributed by atoms with Crippen LogP contribution in [0.5, 0.6) is 5.75 Å². The van der Waals surface area contributed by atoms with E-state index in [1.807, 2.05) is 0 Å². The normalized spacial score (nSPS) is 24.9. The Labute approximate surface area is 239 Å². The number of Topliss-reactive ketones (excluding diaryl/α,β-unsaturated/α-hetero) is 1. The number of nitrogens with one attached hydrogen (secondary N) is 1. The predicted octanol–water partition coefficient (Wildman–Crippen LogP) is 3.61. The third kappa shape index (κ3) is 6.80. The van der Waals surface area contributed by atoms with E-state index in [0.717, 1.165) is 19.3 Å². The Balaban J connectivity index is 1.50. The van der Waals surface area contributed by atoms with Gasteiger partial charge in [0.25, 0.3) is 0 Å². The van der Waals surface area contributed by atoms with Gasteiger partial charge < -0.3 is 25.2 Å². The molecule has 224 valence electrons. The number of fused-ring (bicyclic) bond motifs is 1. The maximum atomic E-state index is 14.0. The molecule has 1 fully saturated rings. The van der Waals surface area contributed by atoms with Crippen molar-refractivity contribution in [1.82, 2.24) is 19.7 Å². The second kappa shape index (κ2) is 13.0. The van der Waals surface area contributed by atoms with E-state index < -0.39 is 44.3 Å². The number of para-hydroxylation sites is 1. The van der Waals surface area contributed by atoms with Crippen LogP contribution in [-0.2, 0) is 24.2 Å². The number of hydrogen-bond acceptors (Lipinski definition) is 10. The molecule has 5 N–H and O–H groups in total. The molecule has 3 aromatic rings.